The number of benzene rings is 2. The number of hydrogen-bond donors (Lipinski definition) is 4. The highest BCUT2D eigenvalue weighted by atomic mass is 79.9. The summed E-state index contributed by atoms with van der Waals surface area (Å²) in [5.41, 5.74) is 5.63. The molecule has 2 rings (SSSR count). The predicted molar refractivity (Wildman–Crippen MR) is 104 cm³/mol. The van der Waals surface area contributed by atoms with Gasteiger partial charge in [0.1, 0.15) is 5.75 Å². The van der Waals surface area contributed by atoms with E-state index >= 15 is 0 Å². The van der Waals surface area contributed by atoms with Crippen LogP contribution in [0.5, 0.6) is 5.75 Å². The second-order valence-electron chi connectivity index (χ2n) is 4.96. The third-order valence-electron chi connectivity index (χ3n) is 3.13. The molecule has 0 atom stereocenters. The Bertz CT molecular complexity index is 857. The van der Waals surface area contributed by atoms with Crippen LogP contribution in [0.15, 0.2) is 56.5 Å². The van der Waals surface area contributed by atoms with Gasteiger partial charge in [-0.1, -0.05) is 12.1 Å². The molecular formula is C17H13Br2N3O4. The molecule has 2 aromatic rings. The summed E-state index contributed by atoms with van der Waals surface area (Å²) in [5, 5.41) is 21.9. The topological polar surface area (TPSA) is 111 Å². The number of hydroxylamine groups is 1. The predicted octanol–water partition coefficient (Wildman–Crippen LogP) is 3.20. The van der Waals surface area contributed by atoms with Crippen molar-refractivity contribution in [3.8, 4) is 5.75 Å². The SMILES string of the molecule is O=C(/C=C/c1ccc(C(=O)N/N=C/c2cc(Br)c(O)c(Br)c2)cc1)NO. The summed E-state index contributed by atoms with van der Waals surface area (Å²) in [6, 6.07) is 9.75. The second-order valence-corrected chi connectivity index (χ2v) is 6.67. The van der Waals surface area contributed by atoms with E-state index in [0.29, 0.717) is 25.6 Å². The number of rotatable bonds is 5. The van der Waals surface area contributed by atoms with Crippen molar-refractivity contribution >= 4 is 56.0 Å². The fraction of sp³-hybridized carbons (Fsp3) is 0. The van der Waals surface area contributed by atoms with E-state index in [2.05, 4.69) is 42.4 Å². The van der Waals surface area contributed by atoms with Gasteiger partial charge in [-0.3, -0.25) is 14.8 Å². The zero-order valence-electron chi connectivity index (χ0n) is 13.1. The molecule has 0 saturated heterocycles. The minimum atomic E-state index is -0.645. The lowest BCUT2D eigenvalue weighted by atomic mass is 10.1. The number of nitrogens with one attached hydrogen (secondary N) is 2. The van der Waals surface area contributed by atoms with Crippen molar-refractivity contribution in [2.24, 2.45) is 5.10 Å². The van der Waals surface area contributed by atoms with Gasteiger partial charge in [-0.2, -0.15) is 5.10 Å². The van der Waals surface area contributed by atoms with Crippen molar-refractivity contribution in [3.63, 3.8) is 0 Å². The quantitative estimate of drug-likeness (QED) is 0.227. The molecule has 2 amide bonds. The van der Waals surface area contributed by atoms with E-state index in [1.54, 1.807) is 36.4 Å². The van der Waals surface area contributed by atoms with E-state index in [9.17, 15) is 14.7 Å². The largest absolute Gasteiger partial charge is 0.506 e. The van der Waals surface area contributed by atoms with Crippen LogP contribution in [-0.2, 0) is 4.79 Å². The molecule has 0 heterocycles. The van der Waals surface area contributed by atoms with Gasteiger partial charge < -0.3 is 5.11 Å². The fourth-order valence-electron chi connectivity index (χ4n) is 1.84. The van der Waals surface area contributed by atoms with Crippen molar-refractivity contribution in [1.29, 1.82) is 0 Å². The van der Waals surface area contributed by atoms with Crippen molar-refractivity contribution in [3.05, 3.63) is 68.1 Å². The molecule has 2 aromatic carbocycles. The monoisotopic (exact) mass is 481 g/mol. The molecular weight excluding hydrogens is 470 g/mol. The van der Waals surface area contributed by atoms with Gasteiger partial charge in [-0.25, -0.2) is 10.9 Å². The number of phenolic OH excluding ortho intramolecular Hbond substituents is 1. The number of hydrogen-bond acceptors (Lipinski definition) is 5. The molecule has 26 heavy (non-hydrogen) atoms. The highest BCUT2D eigenvalue weighted by Crippen LogP contribution is 2.32. The zero-order valence-corrected chi connectivity index (χ0v) is 16.3. The number of phenols is 1. The molecule has 9 heteroatoms. The van der Waals surface area contributed by atoms with Crippen LogP contribution in [0.3, 0.4) is 0 Å². The van der Waals surface area contributed by atoms with Crippen LogP contribution in [0.2, 0.25) is 0 Å². The fourth-order valence-corrected chi connectivity index (χ4v) is 3.07. The van der Waals surface area contributed by atoms with Gasteiger partial charge in [-0.05, 0) is 73.3 Å². The molecule has 0 aromatic heterocycles. The Labute approximate surface area is 165 Å². The maximum absolute atomic E-state index is 12.0. The highest BCUT2D eigenvalue weighted by Gasteiger charge is 2.06. The van der Waals surface area contributed by atoms with Crippen molar-refractivity contribution in [2.45, 2.75) is 0 Å². The zero-order chi connectivity index (χ0) is 19.1. The average molecular weight is 483 g/mol. The van der Waals surface area contributed by atoms with Gasteiger partial charge in [0.15, 0.2) is 0 Å². The summed E-state index contributed by atoms with van der Waals surface area (Å²) in [6.45, 7) is 0. The number of aromatic hydroxyl groups is 1. The van der Waals surface area contributed by atoms with Crippen LogP contribution < -0.4 is 10.9 Å². The minimum absolute atomic E-state index is 0.0804. The number of nitrogens with zero attached hydrogens (tertiary/aromatic N) is 1. The summed E-state index contributed by atoms with van der Waals surface area (Å²) in [6.07, 6.45) is 4.09. The standard InChI is InChI=1S/C17H13Br2N3O4/c18-13-7-11(8-14(19)16(13)24)9-20-21-17(25)12-4-1-10(2-5-12)3-6-15(23)22-26/h1-9,24,26H,(H,21,25)(H,22,23)/b6-3+,20-9+. The number of carbonyl (C=O) groups is 2. The maximum Gasteiger partial charge on any atom is 0.271 e. The first-order valence-electron chi connectivity index (χ1n) is 7.14. The molecule has 134 valence electrons. The van der Waals surface area contributed by atoms with Gasteiger partial charge in [0.2, 0.25) is 0 Å². The Morgan fingerprint density at radius 3 is 2.23 bits per heavy atom. The first kappa shape index (κ1) is 19.8. The van der Waals surface area contributed by atoms with E-state index in [4.69, 9.17) is 5.21 Å². The number of hydrazone groups is 1. The lowest BCUT2D eigenvalue weighted by Crippen LogP contribution is -2.17. The summed E-state index contributed by atoms with van der Waals surface area (Å²) >= 11 is 6.43. The Balaban J connectivity index is 1.99. The summed E-state index contributed by atoms with van der Waals surface area (Å²) in [4.78, 5) is 23.0. The molecule has 0 radical (unpaired) electrons. The molecule has 0 spiro atoms. The Hall–Kier alpha value is -2.49. The molecule has 0 fully saturated rings. The van der Waals surface area contributed by atoms with E-state index in [1.165, 1.54) is 17.8 Å². The molecule has 4 N–H and O–H groups in total. The summed E-state index contributed by atoms with van der Waals surface area (Å²) < 4.78 is 0.997. The van der Waals surface area contributed by atoms with Gasteiger partial charge in [0.05, 0.1) is 15.2 Å². The summed E-state index contributed by atoms with van der Waals surface area (Å²) in [5.74, 6) is -0.966. The van der Waals surface area contributed by atoms with Crippen LogP contribution in [0.25, 0.3) is 6.08 Å². The van der Waals surface area contributed by atoms with Gasteiger partial charge in [0.25, 0.3) is 11.8 Å². The second kappa shape index (κ2) is 9.27. The van der Waals surface area contributed by atoms with Crippen LogP contribution in [-0.4, -0.2) is 28.3 Å². The van der Waals surface area contributed by atoms with Crippen molar-refractivity contribution in [1.82, 2.24) is 10.9 Å². The van der Waals surface area contributed by atoms with Crippen LogP contribution in [0.4, 0.5) is 0 Å². The lowest BCUT2D eigenvalue weighted by molar-refractivity contribution is -0.124. The van der Waals surface area contributed by atoms with E-state index in [1.807, 2.05) is 0 Å². The number of carbonyl (C=O) groups excluding carboxylic acids is 2. The van der Waals surface area contributed by atoms with Gasteiger partial charge >= 0.3 is 0 Å². The normalized spacial score (nSPS) is 11.0. The molecule has 0 saturated carbocycles. The van der Waals surface area contributed by atoms with Gasteiger partial charge in [0, 0.05) is 11.6 Å². The minimum Gasteiger partial charge on any atom is -0.506 e. The molecule has 0 aliphatic heterocycles. The molecule has 0 bridgehead atoms. The average Bonchev–Trinajstić information content (AvgIpc) is 2.64. The Morgan fingerprint density at radius 1 is 1.04 bits per heavy atom. The highest BCUT2D eigenvalue weighted by molar-refractivity contribution is 9.11. The Kier molecular flexibility index (Phi) is 7.07. The molecule has 7 nitrogen and oxygen atoms in total. The molecule has 0 aliphatic carbocycles. The first-order chi connectivity index (χ1) is 12.4. The first-order valence-corrected chi connectivity index (χ1v) is 8.73. The van der Waals surface area contributed by atoms with Gasteiger partial charge in [-0.15, -0.1) is 0 Å². The third-order valence-corrected chi connectivity index (χ3v) is 4.34. The summed E-state index contributed by atoms with van der Waals surface area (Å²) in [7, 11) is 0. The van der Waals surface area contributed by atoms with E-state index < -0.39 is 11.8 Å². The maximum atomic E-state index is 12.0. The Morgan fingerprint density at radius 2 is 1.65 bits per heavy atom. The van der Waals surface area contributed by atoms with E-state index in [0.717, 1.165) is 6.08 Å². The number of halogens is 2. The third kappa shape index (κ3) is 5.51. The van der Waals surface area contributed by atoms with Crippen LogP contribution in [0.1, 0.15) is 21.5 Å². The number of amides is 2. The lowest BCUT2D eigenvalue weighted by Gasteiger charge is -2.03. The van der Waals surface area contributed by atoms with E-state index in [-0.39, 0.29) is 5.75 Å². The van der Waals surface area contributed by atoms with Crippen LogP contribution in [0, 0.1) is 0 Å². The van der Waals surface area contributed by atoms with Crippen LogP contribution >= 0.6 is 31.9 Å². The molecule has 0 unspecified atom stereocenters. The smallest absolute Gasteiger partial charge is 0.271 e. The van der Waals surface area contributed by atoms with Crippen molar-refractivity contribution in [2.75, 3.05) is 0 Å². The molecule has 0 aliphatic rings. The van der Waals surface area contributed by atoms with Crippen molar-refractivity contribution < 1.29 is 19.9 Å².